The molecule has 2 aromatic rings. The van der Waals surface area contributed by atoms with Crippen molar-refractivity contribution in [1.29, 1.82) is 0 Å². The monoisotopic (exact) mass is 436 g/mol. The van der Waals surface area contributed by atoms with Gasteiger partial charge in [-0.2, -0.15) is 0 Å². The number of fused-ring (bicyclic) bond motifs is 1. The van der Waals surface area contributed by atoms with E-state index < -0.39 is 18.3 Å². The van der Waals surface area contributed by atoms with E-state index in [0.29, 0.717) is 29.2 Å². The fourth-order valence-electron chi connectivity index (χ4n) is 5.07. The molecule has 3 aliphatic rings. The highest BCUT2D eigenvalue weighted by Crippen LogP contribution is 2.39. The van der Waals surface area contributed by atoms with Gasteiger partial charge in [-0.25, -0.2) is 4.39 Å². The number of pyridine rings is 1. The summed E-state index contributed by atoms with van der Waals surface area (Å²) in [4.78, 5) is 18.8. The summed E-state index contributed by atoms with van der Waals surface area (Å²) in [6, 6.07) is 7.33. The van der Waals surface area contributed by atoms with E-state index in [9.17, 15) is 4.79 Å². The molecule has 1 aromatic heterocycles. The van der Waals surface area contributed by atoms with Gasteiger partial charge in [0, 0.05) is 30.4 Å². The van der Waals surface area contributed by atoms with Gasteiger partial charge in [-0.15, -0.1) is 0 Å². The Labute approximate surface area is 189 Å². The molecule has 1 saturated heterocycles. The van der Waals surface area contributed by atoms with Crippen LogP contribution in [-0.2, 0) is 22.4 Å². The molecule has 5 nitrogen and oxygen atoms in total. The summed E-state index contributed by atoms with van der Waals surface area (Å²) < 4.78 is 28.0. The molecule has 0 radical (unpaired) electrons. The molecule has 7 heteroatoms. The first-order chi connectivity index (χ1) is 15.2. The zero-order valence-electron chi connectivity index (χ0n) is 19.3. The third kappa shape index (κ3) is 3.56. The molecule has 1 aliphatic carbocycles. The molecule has 1 aromatic carbocycles. The Bertz CT molecular complexity index is 1050. The van der Waals surface area contributed by atoms with Gasteiger partial charge in [0.2, 0.25) is 0 Å². The van der Waals surface area contributed by atoms with E-state index >= 15 is 4.39 Å². The van der Waals surface area contributed by atoms with E-state index in [-0.39, 0.29) is 18.3 Å². The highest BCUT2D eigenvalue weighted by atomic mass is 19.1. The van der Waals surface area contributed by atoms with Crippen LogP contribution in [0.15, 0.2) is 30.5 Å². The first-order valence-electron chi connectivity index (χ1n) is 11.6. The number of hydrogen-bond donors (Lipinski definition) is 0. The number of carbonyl (C=O) groups excluding carboxylic acids is 1. The maximum atomic E-state index is 15.6. The van der Waals surface area contributed by atoms with Crippen molar-refractivity contribution < 1.29 is 18.5 Å². The molecule has 1 saturated carbocycles. The van der Waals surface area contributed by atoms with E-state index in [2.05, 4.69) is 11.1 Å². The van der Waals surface area contributed by atoms with Crippen LogP contribution in [-0.4, -0.2) is 34.1 Å². The Morgan fingerprint density at radius 2 is 1.84 bits per heavy atom. The minimum Gasteiger partial charge on any atom is -0.399 e. The van der Waals surface area contributed by atoms with Crippen LogP contribution in [0.3, 0.4) is 0 Å². The second-order valence-corrected chi connectivity index (χ2v) is 10.3. The van der Waals surface area contributed by atoms with E-state index in [1.807, 2.05) is 39.8 Å². The summed E-state index contributed by atoms with van der Waals surface area (Å²) in [6.07, 6.45) is 5.99. The molecule has 0 unspecified atom stereocenters. The number of rotatable bonds is 4. The Hall–Kier alpha value is -2.25. The van der Waals surface area contributed by atoms with Gasteiger partial charge in [0.05, 0.1) is 11.2 Å². The number of carbonyl (C=O) groups is 1. The molecule has 0 bridgehead atoms. The maximum Gasteiger partial charge on any atom is 0.494 e. The molecule has 0 spiro atoms. The first kappa shape index (κ1) is 21.6. The van der Waals surface area contributed by atoms with Gasteiger partial charge in [0.1, 0.15) is 11.5 Å². The number of halogens is 1. The van der Waals surface area contributed by atoms with Crippen LogP contribution in [0.5, 0.6) is 0 Å². The molecule has 1 amide bonds. The number of nitrogens with zero attached hydrogens (tertiary/aromatic N) is 2. The van der Waals surface area contributed by atoms with Crippen molar-refractivity contribution in [3.05, 3.63) is 58.7 Å². The second-order valence-electron chi connectivity index (χ2n) is 10.3. The van der Waals surface area contributed by atoms with E-state index in [1.54, 1.807) is 11.1 Å². The third-order valence-electron chi connectivity index (χ3n) is 7.66. The summed E-state index contributed by atoms with van der Waals surface area (Å²) in [5, 5.41) is 0. The van der Waals surface area contributed by atoms with Crippen molar-refractivity contribution in [1.82, 2.24) is 9.88 Å². The van der Waals surface area contributed by atoms with Crippen molar-refractivity contribution in [2.45, 2.75) is 83.6 Å². The average Bonchev–Trinajstić information content (AvgIpc) is 3.42. The highest BCUT2D eigenvalue weighted by molar-refractivity contribution is 6.62. The summed E-state index contributed by atoms with van der Waals surface area (Å²) in [5.41, 5.74) is 2.72. The smallest absolute Gasteiger partial charge is 0.399 e. The molecule has 2 fully saturated rings. The minimum atomic E-state index is -0.606. The average molecular weight is 436 g/mol. The molecule has 2 aliphatic heterocycles. The van der Waals surface area contributed by atoms with Gasteiger partial charge >= 0.3 is 7.12 Å². The number of hydrogen-bond acceptors (Lipinski definition) is 4. The van der Waals surface area contributed by atoms with Crippen LogP contribution in [0.25, 0.3) is 0 Å². The minimum absolute atomic E-state index is 0.132. The van der Waals surface area contributed by atoms with Crippen molar-refractivity contribution in [3.63, 3.8) is 0 Å². The quantitative estimate of drug-likeness (QED) is 0.670. The van der Waals surface area contributed by atoms with E-state index in [0.717, 1.165) is 36.8 Å². The van der Waals surface area contributed by atoms with Crippen molar-refractivity contribution in [2.75, 3.05) is 0 Å². The molecule has 32 heavy (non-hydrogen) atoms. The first-order valence-corrected chi connectivity index (χ1v) is 11.6. The molecule has 3 heterocycles. The second kappa shape index (κ2) is 7.67. The summed E-state index contributed by atoms with van der Waals surface area (Å²) in [7, 11) is -0.606. The van der Waals surface area contributed by atoms with Crippen molar-refractivity contribution in [3.8, 4) is 0 Å². The van der Waals surface area contributed by atoms with Crippen molar-refractivity contribution >= 4 is 18.5 Å². The topological polar surface area (TPSA) is 51.7 Å². The van der Waals surface area contributed by atoms with Gasteiger partial charge in [0.15, 0.2) is 0 Å². The van der Waals surface area contributed by atoms with Crippen LogP contribution >= 0.6 is 0 Å². The van der Waals surface area contributed by atoms with Gasteiger partial charge < -0.3 is 14.2 Å². The Balaban J connectivity index is 1.49. The molecular weight excluding hydrogens is 406 g/mol. The normalized spacial score (nSPS) is 22.1. The Morgan fingerprint density at radius 3 is 2.50 bits per heavy atom. The predicted molar refractivity (Wildman–Crippen MR) is 121 cm³/mol. The third-order valence-corrected chi connectivity index (χ3v) is 7.66. The van der Waals surface area contributed by atoms with Crippen LogP contribution < -0.4 is 5.46 Å². The molecule has 5 rings (SSSR count). The van der Waals surface area contributed by atoms with E-state index in [4.69, 9.17) is 9.31 Å². The Morgan fingerprint density at radius 1 is 1.16 bits per heavy atom. The van der Waals surface area contributed by atoms with Crippen LogP contribution in [0.4, 0.5) is 4.39 Å². The lowest BCUT2D eigenvalue weighted by Crippen LogP contribution is -2.41. The lowest BCUT2D eigenvalue weighted by Gasteiger charge is -2.32. The lowest BCUT2D eigenvalue weighted by atomic mass is 9.76. The van der Waals surface area contributed by atoms with Gasteiger partial charge in [-0.3, -0.25) is 9.78 Å². The number of amides is 1. The molecule has 168 valence electrons. The maximum absolute atomic E-state index is 15.6. The number of aromatic nitrogens is 1. The Kier molecular flexibility index (Phi) is 5.17. The summed E-state index contributed by atoms with van der Waals surface area (Å²) in [6.45, 7) is 8.71. The molecule has 0 N–H and O–H groups in total. The SMILES string of the molecule is CC1(C)OB(c2cc(F)c(CN3Cc4cccnc4C3=O)c(C3CCCC3)c2)OC1(C)C. The zero-order valence-corrected chi connectivity index (χ0v) is 19.3. The summed E-state index contributed by atoms with van der Waals surface area (Å²) in [5.74, 6) is -0.136. The van der Waals surface area contributed by atoms with Gasteiger partial charge in [0.25, 0.3) is 5.91 Å². The predicted octanol–water partition coefficient (Wildman–Crippen LogP) is 4.33. The molecular formula is C25H30BFN2O3. The zero-order chi connectivity index (χ0) is 22.7. The van der Waals surface area contributed by atoms with Crippen LogP contribution in [0.1, 0.15) is 86.5 Å². The largest absolute Gasteiger partial charge is 0.494 e. The van der Waals surface area contributed by atoms with Gasteiger partial charge in [-0.1, -0.05) is 25.0 Å². The molecule has 0 atom stereocenters. The highest BCUT2D eigenvalue weighted by Gasteiger charge is 2.52. The fraction of sp³-hybridized carbons (Fsp3) is 0.520. The summed E-state index contributed by atoms with van der Waals surface area (Å²) >= 11 is 0. The van der Waals surface area contributed by atoms with Crippen LogP contribution in [0, 0.1) is 5.82 Å². The standard InChI is InChI=1S/C25H30BFN2O3/c1-24(2)25(3,4)32-26(31-24)18-12-19(16-8-5-6-9-16)20(21(27)13-18)15-29-14-17-10-7-11-28-22(17)23(29)30/h7,10-13,16H,5-6,8-9,14-15H2,1-4H3. The lowest BCUT2D eigenvalue weighted by molar-refractivity contribution is 0.00578. The van der Waals surface area contributed by atoms with E-state index in [1.165, 1.54) is 6.07 Å². The van der Waals surface area contributed by atoms with Gasteiger partial charge in [-0.05, 0) is 69.6 Å². The fourth-order valence-corrected chi connectivity index (χ4v) is 5.07. The van der Waals surface area contributed by atoms with Crippen molar-refractivity contribution in [2.24, 2.45) is 0 Å². The van der Waals surface area contributed by atoms with Crippen LogP contribution in [0.2, 0.25) is 0 Å². The number of benzene rings is 1.